The third-order valence-corrected chi connectivity index (χ3v) is 3.88. The molecule has 1 aliphatic heterocycles. The van der Waals surface area contributed by atoms with Crippen LogP contribution in [0.1, 0.15) is 33.3 Å². The minimum absolute atomic E-state index is 0.306. The Morgan fingerprint density at radius 1 is 1.26 bits per heavy atom. The summed E-state index contributed by atoms with van der Waals surface area (Å²) in [7, 11) is -0.453. The van der Waals surface area contributed by atoms with Crippen molar-refractivity contribution in [1.29, 1.82) is 0 Å². The monoisotopic (exact) mass is 283 g/mol. The molecule has 3 nitrogen and oxygen atoms in total. The van der Waals surface area contributed by atoms with Gasteiger partial charge in [0.05, 0.1) is 16.2 Å². The summed E-state index contributed by atoms with van der Waals surface area (Å²) >= 11 is 5.91. The van der Waals surface area contributed by atoms with Crippen molar-refractivity contribution in [1.82, 2.24) is 4.98 Å². The first kappa shape index (κ1) is 14.5. The van der Waals surface area contributed by atoms with Crippen molar-refractivity contribution in [3.8, 4) is 0 Å². The molecule has 102 valence electrons. The Balaban J connectivity index is 2.13. The first-order valence-electron chi connectivity index (χ1n) is 6.06. The van der Waals surface area contributed by atoms with Crippen LogP contribution in [0.4, 0.5) is 4.39 Å². The maximum Gasteiger partial charge on any atom is 0.487 e. The van der Waals surface area contributed by atoms with Gasteiger partial charge in [-0.1, -0.05) is 23.7 Å². The molecular weight excluding hydrogens is 267 g/mol. The summed E-state index contributed by atoms with van der Waals surface area (Å²) in [5.41, 5.74) is -0.141. The second-order valence-corrected chi connectivity index (χ2v) is 5.92. The van der Waals surface area contributed by atoms with Crippen molar-refractivity contribution in [3.05, 3.63) is 34.8 Å². The standard InChI is InChI=1S/C13H16BClFNO2/c1-12(2)13(3,4)19-14(18-12)6-5-9-8-17-11(16)7-10(9)15/h5-8H,1-4H3/b6-5+. The Hall–Kier alpha value is -0.905. The van der Waals surface area contributed by atoms with E-state index in [1.165, 1.54) is 12.3 Å². The van der Waals surface area contributed by atoms with E-state index in [9.17, 15) is 4.39 Å². The van der Waals surface area contributed by atoms with Gasteiger partial charge in [0.25, 0.3) is 0 Å². The number of hydrogen-bond donors (Lipinski definition) is 0. The highest BCUT2D eigenvalue weighted by Crippen LogP contribution is 2.37. The van der Waals surface area contributed by atoms with Crippen LogP contribution in [0.2, 0.25) is 5.02 Å². The van der Waals surface area contributed by atoms with Crippen molar-refractivity contribution in [3.63, 3.8) is 0 Å². The molecule has 6 heteroatoms. The first-order valence-corrected chi connectivity index (χ1v) is 6.44. The molecule has 0 spiro atoms. The molecule has 1 aliphatic rings. The van der Waals surface area contributed by atoms with E-state index in [0.717, 1.165) is 0 Å². The van der Waals surface area contributed by atoms with E-state index in [0.29, 0.717) is 10.6 Å². The lowest BCUT2D eigenvalue weighted by atomic mass is 9.89. The zero-order valence-electron chi connectivity index (χ0n) is 11.4. The van der Waals surface area contributed by atoms with Gasteiger partial charge in [0.15, 0.2) is 0 Å². The van der Waals surface area contributed by atoms with E-state index in [1.807, 2.05) is 27.7 Å². The quantitative estimate of drug-likeness (QED) is 0.615. The van der Waals surface area contributed by atoms with E-state index >= 15 is 0 Å². The largest absolute Gasteiger partial charge is 0.487 e. The molecular formula is C13H16BClFNO2. The summed E-state index contributed by atoms with van der Waals surface area (Å²) in [6, 6.07) is 1.17. The molecule has 1 fully saturated rings. The molecule has 0 atom stereocenters. The highest BCUT2D eigenvalue weighted by Gasteiger charge is 2.49. The third-order valence-electron chi connectivity index (χ3n) is 3.55. The summed E-state index contributed by atoms with van der Waals surface area (Å²) in [6.45, 7) is 7.92. The van der Waals surface area contributed by atoms with Gasteiger partial charge in [0.2, 0.25) is 5.95 Å². The maximum atomic E-state index is 12.8. The lowest BCUT2D eigenvalue weighted by Gasteiger charge is -2.32. The van der Waals surface area contributed by atoms with Crippen molar-refractivity contribution >= 4 is 24.8 Å². The Kier molecular flexibility index (Phi) is 3.73. The lowest BCUT2D eigenvalue weighted by molar-refractivity contribution is 0.00578. The molecule has 0 amide bonds. The molecule has 1 aromatic rings. The molecule has 0 radical (unpaired) electrons. The molecule has 19 heavy (non-hydrogen) atoms. The summed E-state index contributed by atoms with van der Waals surface area (Å²) in [5.74, 6) is 1.15. The SMILES string of the molecule is CC1(C)OB(/C=C/c2cnc(F)cc2Cl)OC1(C)C. The molecule has 1 aromatic heterocycles. The van der Waals surface area contributed by atoms with Gasteiger partial charge in [-0.25, -0.2) is 4.98 Å². The molecule has 2 rings (SSSR count). The Bertz CT molecular complexity index is 503. The highest BCUT2D eigenvalue weighted by atomic mass is 35.5. The van der Waals surface area contributed by atoms with Crippen LogP contribution in [0, 0.1) is 5.95 Å². The van der Waals surface area contributed by atoms with Crippen molar-refractivity contribution < 1.29 is 13.7 Å². The Morgan fingerprint density at radius 3 is 2.37 bits per heavy atom. The topological polar surface area (TPSA) is 31.4 Å². The fourth-order valence-corrected chi connectivity index (χ4v) is 1.89. The van der Waals surface area contributed by atoms with Crippen LogP contribution < -0.4 is 0 Å². The van der Waals surface area contributed by atoms with Crippen LogP contribution in [0.3, 0.4) is 0 Å². The zero-order chi connectivity index (χ0) is 14.3. The van der Waals surface area contributed by atoms with Crippen molar-refractivity contribution in [2.24, 2.45) is 0 Å². The van der Waals surface area contributed by atoms with Gasteiger partial charge in [-0.2, -0.15) is 4.39 Å². The molecule has 0 N–H and O–H groups in total. The Morgan fingerprint density at radius 2 is 1.84 bits per heavy atom. The summed E-state index contributed by atoms with van der Waals surface area (Å²) in [6.07, 6.45) is 3.09. The Labute approximate surface area is 117 Å². The van der Waals surface area contributed by atoms with E-state index in [1.54, 1.807) is 12.1 Å². The molecule has 0 aromatic carbocycles. The van der Waals surface area contributed by atoms with Crippen LogP contribution in [-0.4, -0.2) is 23.3 Å². The molecule has 0 aliphatic carbocycles. The van der Waals surface area contributed by atoms with Crippen molar-refractivity contribution in [2.75, 3.05) is 0 Å². The van der Waals surface area contributed by atoms with Gasteiger partial charge in [0, 0.05) is 17.8 Å². The number of pyridine rings is 1. The molecule has 0 unspecified atom stereocenters. The number of nitrogens with zero attached hydrogens (tertiary/aromatic N) is 1. The van der Waals surface area contributed by atoms with Gasteiger partial charge in [-0.15, -0.1) is 0 Å². The second-order valence-electron chi connectivity index (χ2n) is 5.51. The van der Waals surface area contributed by atoms with Crippen molar-refractivity contribution in [2.45, 2.75) is 38.9 Å². The molecule has 0 saturated carbocycles. The minimum atomic E-state index is -0.599. The second kappa shape index (κ2) is 4.89. The van der Waals surface area contributed by atoms with E-state index in [-0.39, 0.29) is 11.2 Å². The average molecular weight is 284 g/mol. The number of rotatable bonds is 2. The van der Waals surface area contributed by atoms with E-state index < -0.39 is 13.1 Å². The highest BCUT2D eigenvalue weighted by molar-refractivity contribution is 6.52. The summed E-state index contributed by atoms with van der Waals surface area (Å²) in [5, 5.41) is 0.306. The summed E-state index contributed by atoms with van der Waals surface area (Å²) in [4.78, 5) is 3.56. The fraction of sp³-hybridized carbons (Fsp3) is 0.462. The van der Waals surface area contributed by atoms with Gasteiger partial charge in [0.1, 0.15) is 0 Å². The average Bonchev–Trinajstić information content (AvgIpc) is 2.46. The van der Waals surface area contributed by atoms with Gasteiger partial charge in [-0.05, 0) is 27.7 Å². The predicted molar refractivity (Wildman–Crippen MR) is 74.3 cm³/mol. The molecule has 2 heterocycles. The molecule has 1 saturated heterocycles. The smallest absolute Gasteiger partial charge is 0.400 e. The zero-order valence-corrected chi connectivity index (χ0v) is 12.2. The predicted octanol–water partition coefficient (Wildman–Crippen LogP) is 3.52. The van der Waals surface area contributed by atoms with E-state index in [2.05, 4.69) is 4.98 Å². The third kappa shape index (κ3) is 2.99. The van der Waals surface area contributed by atoms with Gasteiger partial charge in [-0.3, -0.25) is 0 Å². The van der Waals surface area contributed by atoms with Crippen LogP contribution in [0.25, 0.3) is 6.08 Å². The normalized spacial score (nSPS) is 21.3. The van der Waals surface area contributed by atoms with Crippen LogP contribution in [0.15, 0.2) is 18.2 Å². The maximum absolute atomic E-state index is 12.8. The lowest BCUT2D eigenvalue weighted by Crippen LogP contribution is -2.41. The summed E-state index contributed by atoms with van der Waals surface area (Å²) < 4.78 is 24.4. The molecule has 0 bridgehead atoms. The number of halogens is 2. The fourth-order valence-electron chi connectivity index (χ4n) is 1.69. The van der Waals surface area contributed by atoms with Crippen LogP contribution >= 0.6 is 11.6 Å². The minimum Gasteiger partial charge on any atom is -0.400 e. The van der Waals surface area contributed by atoms with Crippen LogP contribution in [0.5, 0.6) is 0 Å². The van der Waals surface area contributed by atoms with E-state index in [4.69, 9.17) is 20.9 Å². The van der Waals surface area contributed by atoms with Gasteiger partial charge < -0.3 is 9.31 Å². The first-order chi connectivity index (χ1) is 8.71. The number of hydrogen-bond acceptors (Lipinski definition) is 3. The van der Waals surface area contributed by atoms with Crippen LogP contribution in [-0.2, 0) is 9.31 Å². The number of aromatic nitrogens is 1. The van der Waals surface area contributed by atoms with Gasteiger partial charge >= 0.3 is 7.12 Å².